The molecule has 0 amide bonds. The molecule has 0 radical (unpaired) electrons. The van der Waals surface area contributed by atoms with E-state index in [1.165, 1.54) is 6.33 Å². The average Bonchev–Trinajstić information content (AvgIpc) is 2.78. The van der Waals surface area contributed by atoms with E-state index in [0.29, 0.717) is 11.8 Å². The van der Waals surface area contributed by atoms with Crippen LogP contribution in [0.1, 0.15) is 17.4 Å². The van der Waals surface area contributed by atoms with Crippen LogP contribution < -0.4 is 0 Å². The normalized spacial score (nSPS) is 10.2. The lowest BCUT2D eigenvalue weighted by Gasteiger charge is -2.00. The molecule has 2 rings (SSSR count). The molecule has 0 fully saturated rings. The van der Waals surface area contributed by atoms with Gasteiger partial charge in [-0.25, -0.2) is 14.8 Å². The third-order valence-electron chi connectivity index (χ3n) is 2.08. The van der Waals surface area contributed by atoms with Gasteiger partial charge in [-0.3, -0.25) is 0 Å². The van der Waals surface area contributed by atoms with Crippen LogP contribution in [0, 0.1) is 0 Å². The second-order valence-corrected chi connectivity index (χ2v) is 3.61. The van der Waals surface area contributed by atoms with Crippen molar-refractivity contribution in [2.24, 2.45) is 0 Å². The largest absolute Gasteiger partial charge is 0.461 e. The number of nitrogens with zero attached hydrogens (tertiary/aromatic N) is 3. The van der Waals surface area contributed by atoms with Crippen molar-refractivity contribution >= 4 is 17.6 Å². The minimum absolute atomic E-state index is 0.264. The van der Waals surface area contributed by atoms with Gasteiger partial charge in [0.15, 0.2) is 5.69 Å². The number of hydrogen-bond donors (Lipinski definition) is 0. The summed E-state index contributed by atoms with van der Waals surface area (Å²) in [6, 6.07) is 3.45. The molecule has 2 heterocycles. The molecular formula is C11H10ClN3O2. The van der Waals surface area contributed by atoms with Gasteiger partial charge in [0.2, 0.25) is 0 Å². The van der Waals surface area contributed by atoms with E-state index in [9.17, 15) is 4.79 Å². The van der Waals surface area contributed by atoms with Gasteiger partial charge in [0.25, 0.3) is 0 Å². The van der Waals surface area contributed by atoms with Gasteiger partial charge in [0.05, 0.1) is 12.3 Å². The van der Waals surface area contributed by atoms with Crippen LogP contribution in [-0.2, 0) is 4.74 Å². The first-order valence-corrected chi connectivity index (χ1v) is 5.41. The zero-order valence-electron chi connectivity index (χ0n) is 9.13. The maximum Gasteiger partial charge on any atom is 0.358 e. The Labute approximate surface area is 103 Å². The molecule has 0 unspecified atom stereocenters. The summed E-state index contributed by atoms with van der Waals surface area (Å²) < 4.78 is 6.53. The first-order chi connectivity index (χ1) is 8.20. The van der Waals surface area contributed by atoms with E-state index in [2.05, 4.69) is 9.97 Å². The molecule has 0 N–H and O–H groups in total. The van der Waals surface area contributed by atoms with E-state index in [4.69, 9.17) is 16.3 Å². The van der Waals surface area contributed by atoms with Crippen molar-refractivity contribution in [2.45, 2.75) is 6.92 Å². The number of rotatable bonds is 3. The minimum atomic E-state index is -0.439. The number of carbonyl (C=O) groups is 1. The number of carbonyl (C=O) groups excluding carboxylic acids is 1. The molecular weight excluding hydrogens is 242 g/mol. The molecule has 0 saturated heterocycles. The molecule has 2 aromatic rings. The molecule has 0 aliphatic heterocycles. The lowest BCUT2D eigenvalue weighted by Crippen LogP contribution is -2.04. The second-order valence-electron chi connectivity index (χ2n) is 3.22. The second kappa shape index (κ2) is 4.97. The van der Waals surface area contributed by atoms with Crippen LogP contribution in [0.4, 0.5) is 0 Å². The third-order valence-corrected chi connectivity index (χ3v) is 2.28. The number of ether oxygens (including phenoxy) is 1. The van der Waals surface area contributed by atoms with Gasteiger partial charge in [-0.05, 0) is 19.1 Å². The lowest BCUT2D eigenvalue weighted by atomic mass is 10.4. The van der Waals surface area contributed by atoms with Crippen LogP contribution in [0.25, 0.3) is 5.69 Å². The van der Waals surface area contributed by atoms with Gasteiger partial charge in [-0.2, -0.15) is 0 Å². The van der Waals surface area contributed by atoms with E-state index in [1.54, 1.807) is 36.0 Å². The molecule has 0 saturated carbocycles. The highest BCUT2D eigenvalue weighted by Crippen LogP contribution is 2.12. The fraction of sp³-hybridized carbons (Fsp3) is 0.182. The number of halogens is 1. The Morgan fingerprint density at radius 3 is 3.06 bits per heavy atom. The Morgan fingerprint density at radius 1 is 1.53 bits per heavy atom. The average molecular weight is 252 g/mol. The van der Waals surface area contributed by atoms with Crippen molar-refractivity contribution in [2.75, 3.05) is 6.61 Å². The number of esters is 1. The quantitative estimate of drug-likeness (QED) is 0.619. The zero-order chi connectivity index (χ0) is 12.3. The Hall–Kier alpha value is -1.88. The standard InChI is InChI=1S/C11H10ClN3O2/c1-2-17-11(16)9-6-15(7-14-9)8-3-4-13-10(12)5-8/h3-7H,2H2,1H3. The van der Waals surface area contributed by atoms with Crippen molar-refractivity contribution in [1.29, 1.82) is 0 Å². The summed E-state index contributed by atoms with van der Waals surface area (Å²) in [5, 5.41) is 0.383. The number of imidazole rings is 1. The molecule has 5 nitrogen and oxygen atoms in total. The van der Waals surface area contributed by atoms with Crippen molar-refractivity contribution in [1.82, 2.24) is 14.5 Å². The topological polar surface area (TPSA) is 57.0 Å². The highest BCUT2D eigenvalue weighted by molar-refractivity contribution is 6.29. The summed E-state index contributed by atoms with van der Waals surface area (Å²) in [4.78, 5) is 19.3. The SMILES string of the molecule is CCOC(=O)c1cn(-c2ccnc(Cl)c2)cn1. The first-order valence-electron chi connectivity index (χ1n) is 5.03. The fourth-order valence-electron chi connectivity index (χ4n) is 1.33. The minimum Gasteiger partial charge on any atom is -0.461 e. The van der Waals surface area contributed by atoms with Crippen LogP contribution in [0.3, 0.4) is 0 Å². The Balaban J connectivity index is 2.27. The number of aromatic nitrogens is 3. The Morgan fingerprint density at radius 2 is 2.35 bits per heavy atom. The molecule has 0 aromatic carbocycles. The lowest BCUT2D eigenvalue weighted by molar-refractivity contribution is 0.0520. The summed E-state index contributed by atoms with van der Waals surface area (Å²) >= 11 is 5.78. The molecule has 0 spiro atoms. The Kier molecular flexibility index (Phi) is 3.39. The van der Waals surface area contributed by atoms with Crippen LogP contribution in [0.15, 0.2) is 30.9 Å². The fourth-order valence-corrected chi connectivity index (χ4v) is 1.50. The van der Waals surface area contributed by atoms with Gasteiger partial charge < -0.3 is 9.30 Å². The Bertz CT molecular complexity index is 539. The molecule has 0 atom stereocenters. The number of hydrogen-bond acceptors (Lipinski definition) is 4. The molecule has 17 heavy (non-hydrogen) atoms. The van der Waals surface area contributed by atoms with Gasteiger partial charge >= 0.3 is 5.97 Å². The van der Waals surface area contributed by atoms with E-state index in [-0.39, 0.29) is 5.69 Å². The monoisotopic (exact) mass is 251 g/mol. The van der Waals surface area contributed by atoms with Gasteiger partial charge in [-0.1, -0.05) is 11.6 Å². The summed E-state index contributed by atoms with van der Waals surface area (Å²) in [6.07, 6.45) is 4.70. The first kappa shape index (κ1) is 11.6. The van der Waals surface area contributed by atoms with Gasteiger partial charge in [0.1, 0.15) is 11.5 Å². The maximum absolute atomic E-state index is 11.4. The van der Waals surface area contributed by atoms with Gasteiger partial charge in [-0.15, -0.1) is 0 Å². The van der Waals surface area contributed by atoms with E-state index >= 15 is 0 Å². The summed E-state index contributed by atoms with van der Waals surface area (Å²) in [6.45, 7) is 2.07. The molecule has 0 aliphatic carbocycles. The smallest absolute Gasteiger partial charge is 0.358 e. The highest BCUT2D eigenvalue weighted by atomic mass is 35.5. The summed E-state index contributed by atoms with van der Waals surface area (Å²) in [7, 11) is 0. The van der Waals surface area contributed by atoms with Crippen LogP contribution in [0.5, 0.6) is 0 Å². The van der Waals surface area contributed by atoms with Crippen LogP contribution in [0.2, 0.25) is 5.15 Å². The van der Waals surface area contributed by atoms with Crippen molar-refractivity contribution in [3.8, 4) is 5.69 Å². The highest BCUT2D eigenvalue weighted by Gasteiger charge is 2.10. The molecule has 0 bridgehead atoms. The van der Waals surface area contributed by atoms with E-state index in [1.807, 2.05) is 0 Å². The predicted molar refractivity (Wildman–Crippen MR) is 62.3 cm³/mol. The maximum atomic E-state index is 11.4. The summed E-state index contributed by atoms with van der Waals surface area (Å²) in [5.41, 5.74) is 1.05. The molecule has 88 valence electrons. The zero-order valence-corrected chi connectivity index (χ0v) is 9.89. The van der Waals surface area contributed by atoms with Crippen molar-refractivity contribution < 1.29 is 9.53 Å². The number of pyridine rings is 1. The van der Waals surface area contributed by atoms with E-state index < -0.39 is 5.97 Å². The summed E-state index contributed by atoms with van der Waals surface area (Å²) in [5.74, 6) is -0.439. The van der Waals surface area contributed by atoms with Crippen molar-refractivity contribution in [3.05, 3.63) is 41.7 Å². The molecule has 6 heteroatoms. The van der Waals surface area contributed by atoms with Crippen molar-refractivity contribution in [3.63, 3.8) is 0 Å². The molecule has 2 aromatic heterocycles. The third kappa shape index (κ3) is 2.62. The predicted octanol–water partition coefficient (Wildman–Crippen LogP) is 2.10. The van der Waals surface area contributed by atoms with E-state index in [0.717, 1.165) is 5.69 Å². The van der Waals surface area contributed by atoms with Gasteiger partial charge in [0, 0.05) is 12.4 Å². The molecule has 0 aliphatic rings. The van der Waals surface area contributed by atoms with Crippen LogP contribution in [-0.4, -0.2) is 27.1 Å². The van der Waals surface area contributed by atoms with Crippen LogP contribution >= 0.6 is 11.6 Å².